The summed E-state index contributed by atoms with van der Waals surface area (Å²) in [4.78, 5) is 11.1. The van der Waals surface area contributed by atoms with Gasteiger partial charge in [0.15, 0.2) is 0 Å². The highest BCUT2D eigenvalue weighted by Crippen LogP contribution is 2.16. The van der Waals surface area contributed by atoms with Crippen molar-refractivity contribution in [2.75, 3.05) is 0 Å². The van der Waals surface area contributed by atoms with Crippen molar-refractivity contribution in [3.05, 3.63) is 36.6 Å². The molecule has 0 bridgehead atoms. The Morgan fingerprint density at radius 2 is 2.00 bits per heavy atom. The Hall–Kier alpha value is -1.31. The molecular weight excluding hydrogens is 150 g/mol. The number of rotatable bonds is 2. The van der Waals surface area contributed by atoms with Crippen molar-refractivity contribution < 1.29 is 4.79 Å². The van der Waals surface area contributed by atoms with Crippen LogP contribution in [-0.4, -0.2) is 5.91 Å². The van der Waals surface area contributed by atoms with E-state index in [0.29, 0.717) is 6.42 Å². The lowest BCUT2D eigenvalue weighted by atomic mass is 10.1. The van der Waals surface area contributed by atoms with Crippen molar-refractivity contribution in [3.63, 3.8) is 0 Å². The fourth-order valence-corrected chi connectivity index (χ4v) is 1.26. The molecule has 1 aliphatic heterocycles. The topological polar surface area (TPSA) is 29.1 Å². The van der Waals surface area contributed by atoms with Gasteiger partial charge in [-0.05, 0) is 24.5 Å². The van der Waals surface area contributed by atoms with E-state index < -0.39 is 0 Å². The minimum Gasteiger partial charge on any atom is -0.326 e. The van der Waals surface area contributed by atoms with Gasteiger partial charge in [-0.3, -0.25) is 4.79 Å². The van der Waals surface area contributed by atoms with Crippen LogP contribution in [0, 0.1) is 0 Å². The maximum atomic E-state index is 11.1. The Balaban J connectivity index is 2.91. The second-order valence-corrected chi connectivity index (χ2v) is 2.75. The molecule has 1 heterocycles. The summed E-state index contributed by atoms with van der Waals surface area (Å²) in [6, 6.07) is 0. The number of hydrogen-bond acceptors (Lipinski definition) is 1. The summed E-state index contributed by atoms with van der Waals surface area (Å²) in [6.45, 7) is 7.33. The summed E-state index contributed by atoms with van der Waals surface area (Å²) in [5.41, 5.74) is 1.89. The van der Waals surface area contributed by atoms with Gasteiger partial charge in [-0.2, -0.15) is 0 Å². The van der Waals surface area contributed by atoms with Crippen LogP contribution in [0.25, 0.3) is 0 Å². The standard InChI is InChI=1S/C10H13NO/c1-3-8-6-5-7-10(12)11-9(8)4-2/h3-4H,1-2,5-7H2,(H,11,12). The second kappa shape index (κ2) is 3.90. The Labute approximate surface area is 72.7 Å². The van der Waals surface area contributed by atoms with E-state index >= 15 is 0 Å². The van der Waals surface area contributed by atoms with Crippen LogP contribution >= 0.6 is 0 Å². The second-order valence-electron chi connectivity index (χ2n) is 2.75. The Morgan fingerprint density at radius 1 is 1.25 bits per heavy atom. The largest absolute Gasteiger partial charge is 0.326 e. The van der Waals surface area contributed by atoms with Crippen LogP contribution in [0.2, 0.25) is 0 Å². The van der Waals surface area contributed by atoms with Gasteiger partial charge in [-0.25, -0.2) is 0 Å². The Bertz CT molecular complexity index is 251. The van der Waals surface area contributed by atoms with E-state index in [4.69, 9.17) is 0 Å². The van der Waals surface area contributed by atoms with Crippen LogP contribution in [0.5, 0.6) is 0 Å². The molecule has 12 heavy (non-hydrogen) atoms. The molecule has 0 saturated heterocycles. The van der Waals surface area contributed by atoms with E-state index in [1.54, 1.807) is 12.2 Å². The quantitative estimate of drug-likeness (QED) is 0.662. The highest BCUT2D eigenvalue weighted by molar-refractivity contribution is 5.79. The highest BCUT2D eigenvalue weighted by Gasteiger charge is 2.10. The third-order valence-electron chi connectivity index (χ3n) is 1.92. The first-order valence-corrected chi connectivity index (χ1v) is 4.06. The fourth-order valence-electron chi connectivity index (χ4n) is 1.26. The Morgan fingerprint density at radius 3 is 2.58 bits per heavy atom. The number of allylic oxidation sites excluding steroid dienone is 3. The monoisotopic (exact) mass is 163 g/mol. The lowest BCUT2D eigenvalue weighted by Gasteiger charge is -2.04. The average Bonchev–Trinajstić information content (AvgIpc) is 2.26. The van der Waals surface area contributed by atoms with Crippen molar-refractivity contribution >= 4 is 5.91 Å². The molecule has 64 valence electrons. The van der Waals surface area contributed by atoms with Crippen molar-refractivity contribution in [1.29, 1.82) is 0 Å². The molecule has 2 heteroatoms. The maximum Gasteiger partial charge on any atom is 0.224 e. The van der Waals surface area contributed by atoms with E-state index in [9.17, 15) is 4.79 Å². The normalized spacial score (nSPS) is 18.2. The lowest BCUT2D eigenvalue weighted by molar-refractivity contribution is -0.120. The van der Waals surface area contributed by atoms with Gasteiger partial charge in [-0.1, -0.05) is 19.2 Å². The zero-order valence-electron chi connectivity index (χ0n) is 7.10. The van der Waals surface area contributed by atoms with Crippen molar-refractivity contribution in [1.82, 2.24) is 5.32 Å². The van der Waals surface area contributed by atoms with E-state index in [1.165, 1.54) is 0 Å². The van der Waals surface area contributed by atoms with E-state index in [0.717, 1.165) is 24.1 Å². The molecule has 1 amide bonds. The molecule has 1 N–H and O–H groups in total. The summed E-state index contributed by atoms with van der Waals surface area (Å²) >= 11 is 0. The van der Waals surface area contributed by atoms with Crippen molar-refractivity contribution in [2.24, 2.45) is 0 Å². The summed E-state index contributed by atoms with van der Waals surface area (Å²) in [5, 5.41) is 2.78. The van der Waals surface area contributed by atoms with Gasteiger partial charge >= 0.3 is 0 Å². The first kappa shape index (κ1) is 8.78. The van der Waals surface area contributed by atoms with Gasteiger partial charge in [0, 0.05) is 12.1 Å². The summed E-state index contributed by atoms with van der Waals surface area (Å²) in [7, 11) is 0. The molecule has 0 aromatic heterocycles. The van der Waals surface area contributed by atoms with Crippen molar-refractivity contribution in [3.8, 4) is 0 Å². The van der Waals surface area contributed by atoms with Crippen LogP contribution in [0.15, 0.2) is 36.6 Å². The number of carbonyl (C=O) groups excluding carboxylic acids is 1. The molecule has 0 fully saturated rings. The van der Waals surface area contributed by atoms with E-state index in [2.05, 4.69) is 18.5 Å². The van der Waals surface area contributed by atoms with Crippen LogP contribution in [0.4, 0.5) is 0 Å². The minimum atomic E-state index is 0.0711. The predicted octanol–water partition coefficient (Wildman–Crippen LogP) is 1.91. The van der Waals surface area contributed by atoms with Gasteiger partial charge in [0.25, 0.3) is 0 Å². The zero-order valence-corrected chi connectivity index (χ0v) is 7.10. The molecule has 1 aliphatic rings. The first-order chi connectivity index (χ1) is 5.77. The van der Waals surface area contributed by atoms with E-state index in [1.807, 2.05) is 0 Å². The molecule has 0 aromatic rings. The third-order valence-corrected chi connectivity index (χ3v) is 1.92. The lowest BCUT2D eigenvalue weighted by Crippen LogP contribution is -2.20. The van der Waals surface area contributed by atoms with E-state index in [-0.39, 0.29) is 5.91 Å². The summed E-state index contributed by atoms with van der Waals surface area (Å²) in [5.74, 6) is 0.0711. The van der Waals surface area contributed by atoms with Crippen LogP contribution in [-0.2, 0) is 4.79 Å². The molecule has 2 nitrogen and oxygen atoms in total. The summed E-state index contributed by atoms with van der Waals surface area (Å²) < 4.78 is 0. The van der Waals surface area contributed by atoms with Crippen LogP contribution < -0.4 is 5.32 Å². The zero-order chi connectivity index (χ0) is 8.97. The number of hydrogen-bond donors (Lipinski definition) is 1. The highest BCUT2D eigenvalue weighted by atomic mass is 16.1. The van der Waals surface area contributed by atoms with Gasteiger partial charge in [0.2, 0.25) is 5.91 Å². The smallest absolute Gasteiger partial charge is 0.224 e. The predicted molar refractivity (Wildman–Crippen MR) is 49.4 cm³/mol. The molecule has 0 atom stereocenters. The number of carbonyl (C=O) groups is 1. The van der Waals surface area contributed by atoms with Crippen molar-refractivity contribution in [2.45, 2.75) is 19.3 Å². The van der Waals surface area contributed by atoms with Gasteiger partial charge < -0.3 is 5.32 Å². The Kier molecular flexibility index (Phi) is 2.86. The molecule has 0 saturated carbocycles. The van der Waals surface area contributed by atoms with Gasteiger partial charge in [0.05, 0.1) is 0 Å². The van der Waals surface area contributed by atoms with Gasteiger partial charge in [0.1, 0.15) is 0 Å². The number of nitrogens with one attached hydrogen (secondary N) is 1. The minimum absolute atomic E-state index is 0.0711. The van der Waals surface area contributed by atoms with Gasteiger partial charge in [-0.15, -0.1) is 0 Å². The summed E-state index contributed by atoms with van der Waals surface area (Å²) in [6.07, 6.45) is 5.84. The molecule has 0 aliphatic carbocycles. The fraction of sp³-hybridized carbons (Fsp3) is 0.300. The van der Waals surface area contributed by atoms with Crippen LogP contribution in [0.1, 0.15) is 19.3 Å². The molecule has 0 aromatic carbocycles. The first-order valence-electron chi connectivity index (χ1n) is 4.06. The average molecular weight is 163 g/mol. The maximum absolute atomic E-state index is 11.1. The third kappa shape index (κ3) is 1.84. The molecule has 0 radical (unpaired) electrons. The molecular formula is C10H13NO. The SMILES string of the molecule is C=CC1=C(C=C)NC(=O)CCC1. The molecule has 0 spiro atoms. The molecule has 1 rings (SSSR count). The number of amides is 1. The van der Waals surface area contributed by atoms with Crippen LogP contribution in [0.3, 0.4) is 0 Å². The molecule has 0 unspecified atom stereocenters.